The first kappa shape index (κ1) is 20.3. The number of nitrogens with two attached hydrogens (primary N) is 1. The number of aryl methyl sites for hydroxylation is 1. The molecule has 0 saturated heterocycles. The highest BCUT2D eigenvalue weighted by Gasteiger charge is 2.36. The molecule has 5 aromatic rings. The predicted octanol–water partition coefficient (Wildman–Crippen LogP) is 3.32. The van der Waals surface area contributed by atoms with Gasteiger partial charge in [0.15, 0.2) is 22.8 Å². The summed E-state index contributed by atoms with van der Waals surface area (Å²) in [4.78, 5) is 26.0. The standard InChI is InChI=1S/C26H23N7O/c1-32-21(12-16-5-3-2-4-6-16)22-20(31-32)13-18(24(22)34)11-17-7-9-19(10-8-17)33-15-30-23-25(27)28-14-29-26(23)33/h2-10,14-15,18H,11-13H2,1H3,(H2,27,28,29). The maximum Gasteiger partial charge on any atom is 0.170 e. The molecule has 2 N–H and O–H groups in total. The minimum Gasteiger partial charge on any atom is -0.382 e. The second-order valence-corrected chi connectivity index (χ2v) is 8.74. The van der Waals surface area contributed by atoms with Crippen molar-refractivity contribution in [2.45, 2.75) is 19.3 Å². The second kappa shape index (κ2) is 7.91. The van der Waals surface area contributed by atoms with Crippen LogP contribution in [0, 0.1) is 5.92 Å². The fourth-order valence-electron chi connectivity index (χ4n) is 4.85. The smallest absolute Gasteiger partial charge is 0.170 e. The van der Waals surface area contributed by atoms with Crippen molar-refractivity contribution in [2.24, 2.45) is 13.0 Å². The van der Waals surface area contributed by atoms with Gasteiger partial charge in [-0.1, -0.05) is 42.5 Å². The molecule has 34 heavy (non-hydrogen) atoms. The number of imidazole rings is 1. The topological polar surface area (TPSA) is 105 Å². The minimum atomic E-state index is -0.0827. The summed E-state index contributed by atoms with van der Waals surface area (Å²) in [6.45, 7) is 0. The van der Waals surface area contributed by atoms with E-state index in [1.54, 1.807) is 6.33 Å². The van der Waals surface area contributed by atoms with Crippen LogP contribution in [-0.4, -0.2) is 35.1 Å². The van der Waals surface area contributed by atoms with Gasteiger partial charge in [0.25, 0.3) is 0 Å². The quantitative estimate of drug-likeness (QED) is 0.441. The lowest BCUT2D eigenvalue weighted by Gasteiger charge is -2.11. The second-order valence-electron chi connectivity index (χ2n) is 8.74. The molecule has 0 aliphatic heterocycles. The highest BCUT2D eigenvalue weighted by Crippen LogP contribution is 2.32. The number of carbonyl (C=O) groups is 1. The molecule has 168 valence electrons. The largest absolute Gasteiger partial charge is 0.382 e. The monoisotopic (exact) mass is 449 g/mol. The fraction of sp³-hybridized carbons (Fsp3) is 0.192. The van der Waals surface area contributed by atoms with Gasteiger partial charge < -0.3 is 5.73 Å². The van der Waals surface area contributed by atoms with Gasteiger partial charge >= 0.3 is 0 Å². The summed E-state index contributed by atoms with van der Waals surface area (Å²) in [6, 6.07) is 18.4. The summed E-state index contributed by atoms with van der Waals surface area (Å²) in [5, 5.41) is 4.68. The van der Waals surface area contributed by atoms with Crippen LogP contribution in [0.2, 0.25) is 0 Å². The molecule has 0 radical (unpaired) electrons. The molecule has 1 unspecified atom stereocenters. The van der Waals surface area contributed by atoms with E-state index in [2.05, 4.69) is 44.3 Å². The minimum absolute atomic E-state index is 0.0827. The van der Waals surface area contributed by atoms with Crippen LogP contribution in [0.5, 0.6) is 0 Å². The Kier molecular flexibility index (Phi) is 4.72. The first-order chi connectivity index (χ1) is 16.6. The molecule has 6 rings (SSSR count). The van der Waals surface area contributed by atoms with E-state index < -0.39 is 0 Å². The van der Waals surface area contributed by atoms with Crippen LogP contribution < -0.4 is 5.73 Å². The Morgan fingerprint density at radius 1 is 1.00 bits per heavy atom. The van der Waals surface area contributed by atoms with Gasteiger partial charge in [-0.3, -0.25) is 14.0 Å². The third kappa shape index (κ3) is 3.35. The summed E-state index contributed by atoms with van der Waals surface area (Å²) in [5.74, 6) is 0.478. The molecule has 8 heteroatoms. The van der Waals surface area contributed by atoms with Gasteiger partial charge in [-0.25, -0.2) is 15.0 Å². The molecule has 0 fully saturated rings. The van der Waals surface area contributed by atoms with E-state index in [-0.39, 0.29) is 11.7 Å². The zero-order chi connectivity index (χ0) is 23.2. The van der Waals surface area contributed by atoms with E-state index >= 15 is 0 Å². The van der Waals surface area contributed by atoms with Crippen molar-refractivity contribution in [1.29, 1.82) is 0 Å². The van der Waals surface area contributed by atoms with Crippen molar-refractivity contribution in [3.63, 3.8) is 0 Å². The van der Waals surface area contributed by atoms with Crippen LogP contribution >= 0.6 is 0 Å². The molecule has 0 amide bonds. The third-order valence-electron chi connectivity index (χ3n) is 6.57. The Morgan fingerprint density at radius 2 is 1.79 bits per heavy atom. The highest BCUT2D eigenvalue weighted by molar-refractivity contribution is 6.03. The number of carbonyl (C=O) groups excluding carboxylic acids is 1. The zero-order valence-corrected chi connectivity index (χ0v) is 18.7. The number of Topliss-reactive ketones (excluding diaryl/α,β-unsaturated/α-hetero) is 1. The molecule has 3 aromatic heterocycles. The van der Waals surface area contributed by atoms with E-state index in [0.717, 1.165) is 28.2 Å². The lowest BCUT2D eigenvalue weighted by Crippen LogP contribution is -2.15. The van der Waals surface area contributed by atoms with E-state index in [9.17, 15) is 4.79 Å². The van der Waals surface area contributed by atoms with Crippen molar-refractivity contribution >= 4 is 22.8 Å². The van der Waals surface area contributed by atoms with E-state index in [0.29, 0.717) is 36.2 Å². The Labute approximate surface area is 196 Å². The van der Waals surface area contributed by atoms with Crippen LogP contribution in [0.1, 0.15) is 32.9 Å². The van der Waals surface area contributed by atoms with E-state index in [1.807, 2.05) is 46.6 Å². The molecular weight excluding hydrogens is 426 g/mol. The number of rotatable bonds is 5. The lowest BCUT2D eigenvalue weighted by atomic mass is 9.95. The molecular formula is C26H23N7O. The van der Waals surface area contributed by atoms with Crippen molar-refractivity contribution < 1.29 is 4.79 Å². The number of nitrogen functional groups attached to an aromatic ring is 1. The molecule has 0 saturated carbocycles. The van der Waals surface area contributed by atoms with Crippen molar-refractivity contribution in [3.8, 4) is 5.69 Å². The van der Waals surface area contributed by atoms with Gasteiger partial charge in [0.2, 0.25) is 0 Å². The number of hydrogen-bond acceptors (Lipinski definition) is 6. The average molecular weight is 450 g/mol. The Hall–Kier alpha value is -4.33. The Balaban J connectivity index is 1.22. The number of hydrogen-bond donors (Lipinski definition) is 1. The van der Waals surface area contributed by atoms with Gasteiger partial charge in [-0.05, 0) is 29.7 Å². The SMILES string of the molecule is Cn1nc2c(c1Cc1ccccc1)C(=O)C(Cc1ccc(-n3cnc4c(N)ncnc43)cc1)C2. The molecule has 0 bridgehead atoms. The summed E-state index contributed by atoms with van der Waals surface area (Å²) in [6.07, 6.45) is 5.21. The number of aromatic nitrogens is 6. The van der Waals surface area contributed by atoms with Gasteiger partial charge in [0, 0.05) is 31.5 Å². The molecule has 1 aliphatic carbocycles. The number of anilines is 1. The third-order valence-corrected chi connectivity index (χ3v) is 6.57. The zero-order valence-electron chi connectivity index (χ0n) is 18.7. The summed E-state index contributed by atoms with van der Waals surface area (Å²) < 4.78 is 3.75. The maximum absolute atomic E-state index is 13.4. The van der Waals surface area contributed by atoms with Crippen LogP contribution in [0.25, 0.3) is 16.9 Å². The normalized spacial score (nSPS) is 15.2. The summed E-state index contributed by atoms with van der Waals surface area (Å²) >= 11 is 0. The van der Waals surface area contributed by atoms with E-state index in [4.69, 9.17) is 5.73 Å². The highest BCUT2D eigenvalue weighted by atomic mass is 16.1. The molecule has 8 nitrogen and oxygen atoms in total. The van der Waals surface area contributed by atoms with Crippen LogP contribution in [0.4, 0.5) is 5.82 Å². The number of benzene rings is 2. The van der Waals surface area contributed by atoms with Crippen LogP contribution in [0.15, 0.2) is 67.3 Å². The summed E-state index contributed by atoms with van der Waals surface area (Å²) in [5.41, 5.74) is 13.1. The molecule has 2 aromatic carbocycles. The average Bonchev–Trinajstić information content (AvgIpc) is 3.50. The maximum atomic E-state index is 13.4. The van der Waals surface area contributed by atoms with Gasteiger partial charge in [0.1, 0.15) is 12.7 Å². The number of ketones is 1. The van der Waals surface area contributed by atoms with Crippen LogP contribution in [-0.2, 0) is 26.3 Å². The Morgan fingerprint density at radius 3 is 2.59 bits per heavy atom. The van der Waals surface area contributed by atoms with Crippen molar-refractivity contribution in [3.05, 3.63) is 95.3 Å². The van der Waals surface area contributed by atoms with Gasteiger partial charge in [0.05, 0.1) is 17.0 Å². The summed E-state index contributed by atoms with van der Waals surface area (Å²) in [7, 11) is 1.93. The first-order valence-electron chi connectivity index (χ1n) is 11.2. The predicted molar refractivity (Wildman–Crippen MR) is 129 cm³/mol. The molecule has 1 atom stereocenters. The van der Waals surface area contributed by atoms with Crippen LogP contribution in [0.3, 0.4) is 0 Å². The number of fused-ring (bicyclic) bond motifs is 2. The number of nitrogens with zero attached hydrogens (tertiary/aromatic N) is 6. The lowest BCUT2D eigenvalue weighted by molar-refractivity contribution is 0.0934. The van der Waals surface area contributed by atoms with Crippen molar-refractivity contribution in [1.82, 2.24) is 29.3 Å². The van der Waals surface area contributed by atoms with Gasteiger partial charge in [-0.15, -0.1) is 0 Å². The molecule has 0 spiro atoms. The fourth-order valence-corrected chi connectivity index (χ4v) is 4.85. The Bertz CT molecular complexity index is 1520. The first-order valence-corrected chi connectivity index (χ1v) is 11.2. The molecule has 3 heterocycles. The molecule has 1 aliphatic rings. The van der Waals surface area contributed by atoms with Gasteiger partial charge in [-0.2, -0.15) is 5.10 Å². The van der Waals surface area contributed by atoms with Crippen molar-refractivity contribution in [2.75, 3.05) is 5.73 Å². The van der Waals surface area contributed by atoms with E-state index in [1.165, 1.54) is 11.9 Å².